The van der Waals surface area contributed by atoms with Crippen molar-refractivity contribution in [3.63, 3.8) is 0 Å². The Morgan fingerprint density at radius 2 is 1.23 bits per heavy atom. The van der Waals surface area contributed by atoms with Crippen LogP contribution in [0.4, 0.5) is 0 Å². The van der Waals surface area contributed by atoms with E-state index in [1.54, 1.807) is 0 Å². The molecular formula is C14H28O6P2. The summed E-state index contributed by atoms with van der Waals surface area (Å²) in [5.74, 6) is 0. The molecule has 0 atom stereocenters. The molecule has 2 aliphatic rings. The van der Waals surface area contributed by atoms with Crippen molar-refractivity contribution in [2.45, 2.75) is 53.4 Å². The SMILES string of the molecule is CCCC1(C)COP(=O)(P2(=O)OCC(CC)(CC)CO2)OC1. The fraction of sp³-hybridized carbons (Fsp3) is 1.00. The number of hydrogen-bond donors (Lipinski definition) is 0. The fourth-order valence-corrected chi connectivity index (χ4v) is 7.69. The fourth-order valence-electron chi connectivity index (χ4n) is 2.76. The van der Waals surface area contributed by atoms with Gasteiger partial charge in [-0.1, -0.05) is 34.1 Å². The molecule has 0 aromatic carbocycles. The van der Waals surface area contributed by atoms with Crippen LogP contribution in [0.15, 0.2) is 0 Å². The van der Waals surface area contributed by atoms with E-state index in [0.717, 1.165) is 25.7 Å². The minimum absolute atomic E-state index is 0.167. The lowest BCUT2D eigenvalue weighted by molar-refractivity contribution is 0.000332. The quantitative estimate of drug-likeness (QED) is 0.648. The summed E-state index contributed by atoms with van der Waals surface area (Å²) in [6.45, 7) is 9.20. The lowest BCUT2D eigenvalue weighted by Gasteiger charge is -2.42. The maximum Gasteiger partial charge on any atom is 0.441 e. The first kappa shape index (κ1) is 18.6. The molecule has 2 aliphatic heterocycles. The molecule has 0 aromatic heterocycles. The summed E-state index contributed by atoms with van der Waals surface area (Å²) in [7, 11) is -7.74. The van der Waals surface area contributed by atoms with E-state index in [1.807, 2.05) is 20.8 Å². The van der Waals surface area contributed by atoms with Crippen LogP contribution >= 0.6 is 14.6 Å². The summed E-state index contributed by atoms with van der Waals surface area (Å²) in [6.07, 6.45) is 3.58. The summed E-state index contributed by atoms with van der Waals surface area (Å²) in [5, 5.41) is 0. The van der Waals surface area contributed by atoms with Gasteiger partial charge < -0.3 is 0 Å². The van der Waals surface area contributed by atoms with E-state index in [0.29, 0.717) is 0 Å². The molecule has 22 heavy (non-hydrogen) atoms. The Bertz CT molecular complexity index is 462. The van der Waals surface area contributed by atoms with Gasteiger partial charge in [0.15, 0.2) is 0 Å². The van der Waals surface area contributed by atoms with Crippen molar-refractivity contribution in [2.75, 3.05) is 26.4 Å². The average molecular weight is 354 g/mol. The Balaban J connectivity index is 2.06. The third-order valence-corrected chi connectivity index (χ3v) is 10.5. The molecule has 0 N–H and O–H groups in total. The van der Waals surface area contributed by atoms with Crippen molar-refractivity contribution in [3.8, 4) is 0 Å². The normalized spacial score (nSPS) is 37.8. The van der Waals surface area contributed by atoms with E-state index in [-0.39, 0.29) is 37.3 Å². The Kier molecular flexibility index (Phi) is 5.64. The van der Waals surface area contributed by atoms with Gasteiger partial charge in [-0.3, -0.25) is 18.1 Å². The third kappa shape index (κ3) is 3.38. The highest BCUT2D eigenvalue weighted by Gasteiger charge is 2.58. The van der Waals surface area contributed by atoms with Gasteiger partial charge in [0.2, 0.25) is 0 Å². The van der Waals surface area contributed by atoms with Crippen LogP contribution in [0, 0.1) is 10.8 Å². The highest BCUT2D eigenvalue weighted by molar-refractivity contribution is 8.27. The second-order valence-electron chi connectivity index (χ2n) is 6.80. The highest BCUT2D eigenvalue weighted by Crippen LogP contribution is 2.86. The van der Waals surface area contributed by atoms with E-state index in [2.05, 4.69) is 6.92 Å². The minimum Gasteiger partial charge on any atom is -0.299 e. The first-order valence-corrected chi connectivity index (χ1v) is 11.8. The molecule has 0 amide bonds. The molecule has 0 bridgehead atoms. The van der Waals surface area contributed by atoms with Crippen LogP contribution < -0.4 is 0 Å². The van der Waals surface area contributed by atoms with Gasteiger partial charge in [-0.05, 0) is 19.3 Å². The second kappa shape index (κ2) is 6.66. The van der Waals surface area contributed by atoms with Crippen LogP contribution in [-0.4, -0.2) is 26.4 Å². The lowest BCUT2D eigenvalue weighted by atomic mass is 9.84. The molecule has 0 aromatic rings. The van der Waals surface area contributed by atoms with Gasteiger partial charge in [0.05, 0.1) is 26.4 Å². The van der Waals surface area contributed by atoms with E-state index in [4.69, 9.17) is 18.1 Å². The second-order valence-corrected chi connectivity index (χ2v) is 12.6. The van der Waals surface area contributed by atoms with Crippen molar-refractivity contribution in [1.29, 1.82) is 0 Å². The van der Waals surface area contributed by atoms with Gasteiger partial charge in [0.25, 0.3) is 0 Å². The average Bonchev–Trinajstić information content (AvgIpc) is 2.52. The Morgan fingerprint density at radius 1 is 0.818 bits per heavy atom. The summed E-state index contributed by atoms with van der Waals surface area (Å²) in [4.78, 5) is 0. The molecule has 0 aliphatic carbocycles. The van der Waals surface area contributed by atoms with Crippen molar-refractivity contribution < 1.29 is 27.2 Å². The van der Waals surface area contributed by atoms with E-state index < -0.39 is 14.6 Å². The predicted octanol–water partition coefficient (Wildman–Crippen LogP) is 4.99. The summed E-state index contributed by atoms with van der Waals surface area (Å²) >= 11 is 0. The van der Waals surface area contributed by atoms with Crippen LogP contribution in [0.25, 0.3) is 0 Å². The van der Waals surface area contributed by atoms with Gasteiger partial charge in [0.1, 0.15) is 0 Å². The van der Waals surface area contributed by atoms with Gasteiger partial charge in [-0.15, -0.1) is 0 Å². The molecule has 2 heterocycles. The summed E-state index contributed by atoms with van der Waals surface area (Å²) in [6, 6.07) is 0. The maximum absolute atomic E-state index is 12.8. The van der Waals surface area contributed by atoms with Gasteiger partial charge in [-0.2, -0.15) is 0 Å². The zero-order chi connectivity index (χ0) is 16.5. The molecule has 8 heteroatoms. The molecular weight excluding hydrogens is 326 g/mol. The van der Waals surface area contributed by atoms with E-state index in [1.165, 1.54) is 0 Å². The number of rotatable bonds is 5. The molecule has 6 nitrogen and oxygen atoms in total. The van der Waals surface area contributed by atoms with Crippen molar-refractivity contribution >= 4 is 14.6 Å². The van der Waals surface area contributed by atoms with Crippen LogP contribution in [0.2, 0.25) is 0 Å². The summed E-state index contributed by atoms with van der Waals surface area (Å²) < 4.78 is 47.4. The molecule has 2 fully saturated rings. The van der Waals surface area contributed by atoms with Crippen LogP contribution in [0.5, 0.6) is 0 Å². The smallest absolute Gasteiger partial charge is 0.299 e. The zero-order valence-corrected chi connectivity index (χ0v) is 15.8. The zero-order valence-electron chi connectivity index (χ0n) is 14.0. The summed E-state index contributed by atoms with van der Waals surface area (Å²) in [5.41, 5.74) is -0.367. The van der Waals surface area contributed by atoms with Gasteiger partial charge in [0, 0.05) is 10.8 Å². The third-order valence-electron chi connectivity index (χ3n) is 4.87. The minimum atomic E-state index is -3.87. The largest absolute Gasteiger partial charge is 0.441 e. The first-order valence-electron chi connectivity index (χ1n) is 8.05. The van der Waals surface area contributed by atoms with Crippen molar-refractivity contribution in [2.24, 2.45) is 10.8 Å². The van der Waals surface area contributed by atoms with Crippen LogP contribution in [0.3, 0.4) is 0 Å². The highest BCUT2D eigenvalue weighted by atomic mass is 32.1. The Labute approximate surface area is 133 Å². The molecule has 2 saturated heterocycles. The molecule has 0 radical (unpaired) electrons. The van der Waals surface area contributed by atoms with E-state index in [9.17, 15) is 9.13 Å². The standard InChI is InChI=1S/C14H28O6P2/c1-5-8-13(4)9-17-21(15,18-10-13)22(16)19-11-14(6-2,7-3)12-20-22/h5-12H2,1-4H3. The Morgan fingerprint density at radius 3 is 1.59 bits per heavy atom. The molecule has 0 saturated carbocycles. The van der Waals surface area contributed by atoms with Crippen LogP contribution in [-0.2, 0) is 27.2 Å². The topological polar surface area (TPSA) is 71.1 Å². The number of hydrogen-bond acceptors (Lipinski definition) is 6. The van der Waals surface area contributed by atoms with Gasteiger partial charge >= 0.3 is 14.6 Å². The van der Waals surface area contributed by atoms with Crippen LogP contribution in [0.1, 0.15) is 53.4 Å². The molecule has 0 unspecified atom stereocenters. The first-order chi connectivity index (χ1) is 10.3. The predicted molar refractivity (Wildman–Crippen MR) is 85.1 cm³/mol. The van der Waals surface area contributed by atoms with Crippen molar-refractivity contribution in [1.82, 2.24) is 0 Å². The van der Waals surface area contributed by atoms with E-state index >= 15 is 0 Å². The lowest BCUT2D eigenvalue weighted by Crippen LogP contribution is -2.36. The maximum atomic E-state index is 12.8. The molecule has 2 rings (SSSR count). The molecule has 0 spiro atoms. The van der Waals surface area contributed by atoms with Gasteiger partial charge in [-0.25, -0.2) is 9.13 Å². The Hall–Kier alpha value is 0.300. The van der Waals surface area contributed by atoms with Crippen molar-refractivity contribution in [3.05, 3.63) is 0 Å². The molecule has 130 valence electrons. The monoisotopic (exact) mass is 354 g/mol.